The average molecular weight is 254 g/mol. The van der Waals surface area contributed by atoms with Crippen LogP contribution in [0.4, 0.5) is 5.69 Å². The van der Waals surface area contributed by atoms with Crippen LogP contribution in [0.25, 0.3) is 0 Å². The fourth-order valence-electron chi connectivity index (χ4n) is 1.51. The highest BCUT2D eigenvalue weighted by Gasteiger charge is 1.95. The maximum atomic E-state index is 5.54. The Bertz CT molecular complexity index is 568. The molecular weight excluding hydrogens is 240 g/mol. The van der Waals surface area contributed by atoms with Gasteiger partial charge < -0.3 is 5.73 Å². The maximum Gasteiger partial charge on any atom is 0.103 e. The molecule has 0 saturated carbocycles. The second-order valence-electron chi connectivity index (χ2n) is 4.08. The van der Waals surface area contributed by atoms with Crippen molar-refractivity contribution in [3.05, 3.63) is 65.2 Å². The van der Waals surface area contributed by atoms with Crippen LogP contribution in [0.2, 0.25) is 0 Å². The van der Waals surface area contributed by atoms with Gasteiger partial charge in [-0.15, -0.1) is 0 Å². The number of hydrogen-bond donors (Lipinski definition) is 1. The lowest BCUT2D eigenvalue weighted by molar-refractivity contribution is 1.46. The van der Waals surface area contributed by atoms with E-state index in [1.165, 1.54) is 5.56 Å². The van der Waals surface area contributed by atoms with Gasteiger partial charge in [-0.05, 0) is 36.8 Å². The molecule has 0 aliphatic heterocycles. The third kappa shape index (κ3) is 3.25. The number of nitrogens with two attached hydrogens (primary N) is 1. The molecule has 0 bridgehead atoms. The Kier molecular flexibility index (Phi) is 3.85. The third-order valence-electron chi connectivity index (χ3n) is 2.59. The molecule has 0 aliphatic carbocycles. The maximum absolute atomic E-state index is 5.54. The third-order valence-corrected chi connectivity index (χ3v) is 2.83. The van der Waals surface area contributed by atoms with Crippen LogP contribution in [0.15, 0.2) is 53.5 Å². The molecular formula is C15H14N2S. The predicted octanol–water partition coefficient (Wildman–Crippen LogP) is 3.38. The van der Waals surface area contributed by atoms with Crippen molar-refractivity contribution < 1.29 is 0 Å². The molecule has 0 atom stereocenters. The van der Waals surface area contributed by atoms with Crippen molar-refractivity contribution >= 4 is 29.1 Å². The predicted molar refractivity (Wildman–Crippen MR) is 80.8 cm³/mol. The highest BCUT2D eigenvalue weighted by molar-refractivity contribution is 7.80. The minimum Gasteiger partial charge on any atom is -0.389 e. The van der Waals surface area contributed by atoms with Crippen molar-refractivity contribution in [1.82, 2.24) is 0 Å². The van der Waals surface area contributed by atoms with Crippen molar-refractivity contribution in [1.29, 1.82) is 0 Å². The molecule has 0 amide bonds. The Balaban J connectivity index is 2.13. The minimum absolute atomic E-state index is 0.407. The Labute approximate surface area is 112 Å². The highest BCUT2D eigenvalue weighted by Crippen LogP contribution is 2.13. The molecule has 0 unspecified atom stereocenters. The molecule has 0 spiro atoms. The van der Waals surface area contributed by atoms with Gasteiger partial charge >= 0.3 is 0 Å². The van der Waals surface area contributed by atoms with Gasteiger partial charge in [-0.25, -0.2) is 0 Å². The number of rotatable bonds is 3. The molecule has 2 N–H and O–H groups in total. The molecule has 90 valence electrons. The Morgan fingerprint density at radius 3 is 2.22 bits per heavy atom. The smallest absolute Gasteiger partial charge is 0.103 e. The fourth-order valence-corrected chi connectivity index (χ4v) is 1.65. The largest absolute Gasteiger partial charge is 0.389 e. The first-order chi connectivity index (χ1) is 8.65. The monoisotopic (exact) mass is 254 g/mol. The Hall–Kier alpha value is -2.00. The van der Waals surface area contributed by atoms with Gasteiger partial charge in [0.05, 0.1) is 5.69 Å². The fraction of sp³-hybridized carbons (Fsp3) is 0.0667. The van der Waals surface area contributed by atoms with Gasteiger partial charge in [0, 0.05) is 11.8 Å². The van der Waals surface area contributed by atoms with E-state index in [9.17, 15) is 0 Å². The zero-order valence-electron chi connectivity index (χ0n) is 10.1. The SMILES string of the molecule is Cc1ccc(C=Nc2ccc(C(N)=S)cc2)cc1. The lowest BCUT2D eigenvalue weighted by Crippen LogP contribution is -2.08. The summed E-state index contributed by atoms with van der Waals surface area (Å²) in [5.74, 6) is 0. The van der Waals surface area contributed by atoms with Gasteiger partial charge in [0.15, 0.2) is 0 Å². The van der Waals surface area contributed by atoms with Crippen LogP contribution in [-0.4, -0.2) is 11.2 Å². The van der Waals surface area contributed by atoms with Crippen molar-refractivity contribution in [3.8, 4) is 0 Å². The van der Waals surface area contributed by atoms with Crippen LogP contribution in [0.5, 0.6) is 0 Å². The minimum atomic E-state index is 0.407. The summed E-state index contributed by atoms with van der Waals surface area (Å²) < 4.78 is 0. The van der Waals surface area contributed by atoms with Crippen LogP contribution in [0, 0.1) is 6.92 Å². The van der Waals surface area contributed by atoms with Gasteiger partial charge in [-0.3, -0.25) is 4.99 Å². The van der Waals surface area contributed by atoms with Gasteiger partial charge in [0.25, 0.3) is 0 Å². The first kappa shape index (κ1) is 12.5. The quantitative estimate of drug-likeness (QED) is 0.673. The molecule has 18 heavy (non-hydrogen) atoms. The summed E-state index contributed by atoms with van der Waals surface area (Å²) in [6.45, 7) is 2.06. The van der Waals surface area contributed by atoms with E-state index in [1.807, 2.05) is 42.6 Å². The molecule has 0 aromatic heterocycles. The summed E-state index contributed by atoms with van der Waals surface area (Å²) in [6.07, 6.45) is 1.84. The van der Waals surface area contributed by atoms with E-state index >= 15 is 0 Å². The molecule has 2 aromatic carbocycles. The number of aliphatic imine (C=N–C) groups is 1. The van der Waals surface area contributed by atoms with Crippen molar-refractivity contribution in [2.24, 2.45) is 10.7 Å². The van der Waals surface area contributed by atoms with Gasteiger partial charge in [-0.1, -0.05) is 42.0 Å². The average Bonchev–Trinajstić information content (AvgIpc) is 2.38. The molecule has 0 heterocycles. The zero-order chi connectivity index (χ0) is 13.0. The van der Waals surface area contributed by atoms with Crippen LogP contribution in [-0.2, 0) is 0 Å². The number of hydrogen-bond acceptors (Lipinski definition) is 2. The van der Waals surface area contributed by atoms with E-state index in [4.69, 9.17) is 18.0 Å². The van der Waals surface area contributed by atoms with Crippen LogP contribution in [0.3, 0.4) is 0 Å². The van der Waals surface area contributed by atoms with E-state index in [2.05, 4.69) is 24.0 Å². The zero-order valence-corrected chi connectivity index (χ0v) is 10.9. The highest BCUT2D eigenvalue weighted by atomic mass is 32.1. The van der Waals surface area contributed by atoms with E-state index < -0.39 is 0 Å². The lowest BCUT2D eigenvalue weighted by atomic mass is 10.2. The lowest BCUT2D eigenvalue weighted by Gasteiger charge is -1.98. The summed E-state index contributed by atoms with van der Waals surface area (Å²) >= 11 is 4.90. The molecule has 0 fully saturated rings. The molecule has 0 aliphatic rings. The molecule has 2 aromatic rings. The first-order valence-corrected chi connectivity index (χ1v) is 6.06. The number of aryl methyl sites for hydroxylation is 1. The molecule has 2 rings (SSSR count). The first-order valence-electron chi connectivity index (χ1n) is 5.66. The standard InChI is InChI=1S/C15H14N2S/c1-11-2-4-12(5-3-11)10-17-14-8-6-13(7-9-14)15(16)18/h2-10H,1H3,(H2,16,18). The molecule has 2 nitrogen and oxygen atoms in total. The van der Waals surface area contributed by atoms with E-state index in [0.717, 1.165) is 16.8 Å². The number of nitrogens with zero attached hydrogens (tertiary/aromatic N) is 1. The summed E-state index contributed by atoms with van der Waals surface area (Å²) in [5.41, 5.74) is 9.61. The van der Waals surface area contributed by atoms with Crippen LogP contribution < -0.4 is 5.73 Å². The van der Waals surface area contributed by atoms with Crippen molar-refractivity contribution in [2.45, 2.75) is 6.92 Å². The van der Waals surface area contributed by atoms with E-state index in [0.29, 0.717) is 4.99 Å². The molecule has 3 heteroatoms. The van der Waals surface area contributed by atoms with Gasteiger partial charge in [0.1, 0.15) is 4.99 Å². The van der Waals surface area contributed by atoms with Crippen molar-refractivity contribution in [2.75, 3.05) is 0 Å². The Morgan fingerprint density at radius 1 is 1.06 bits per heavy atom. The normalized spacial score (nSPS) is 10.7. The topological polar surface area (TPSA) is 38.4 Å². The number of benzene rings is 2. The second kappa shape index (κ2) is 5.56. The Morgan fingerprint density at radius 2 is 1.67 bits per heavy atom. The summed E-state index contributed by atoms with van der Waals surface area (Å²) in [4.78, 5) is 4.80. The summed E-state index contributed by atoms with van der Waals surface area (Å²) in [7, 11) is 0. The van der Waals surface area contributed by atoms with Crippen LogP contribution >= 0.6 is 12.2 Å². The number of thiocarbonyl (C=S) groups is 1. The van der Waals surface area contributed by atoms with E-state index in [-0.39, 0.29) is 0 Å². The van der Waals surface area contributed by atoms with Crippen molar-refractivity contribution in [3.63, 3.8) is 0 Å². The van der Waals surface area contributed by atoms with Crippen LogP contribution in [0.1, 0.15) is 16.7 Å². The van der Waals surface area contributed by atoms with Gasteiger partial charge in [-0.2, -0.15) is 0 Å². The molecule has 0 saturated heterocycles. The summed E-state index contributed by atoms with van der Waals surface area (Å²) in [5, 5.41) is 0. The summed E-state index contributed by atoms with van der Waals surface area (Å²) in [6, 6.07) is 15.8. The molecule has 0 radical (unpaired) electrons. The second-order valence-corrected chi connectivity index (χ2v) is 4.52. The van der Waals surface area contributed by atoms with E-state index in [1.54, 1.807) is 0 Å². The van der Waals surface area contributed by atoms with Gasteiger partial charge in [0.2, 0.25) is 0 Å².